The molecule has 1 rings (SSSR count). The van der Waals surface area contributed by atoms with Gasteiger partial charge in [-0.3, -0.25) is 4.79 Å². The lowest BCUT2D eigenvalue weighted by atomic mass is 10.1. The summed E-state index contributed by atoms with van der Waals surface area (Å²) in [5.74, 6) is -0.355. The summed E-state index contributed by atoms with van der Waals surface area (Å²) < 4.78 is 2.06. The van der Waals surface area contributed by atoms with Gasteiger partial charge in [0.25, 0.3) is 5.91 Å². The fraction of sp³-hybridized carbons (Fsp3) is 0.647. The van der Waals surface area contributed by atoms with E-state index in [-0.39, 0.29) is 22.9 Å². The van der Waals surface area contributed by atoms with E-state index in [2.05, 4.69) is 11.5 Å². The lowest BCUT2D eigenvalue weighted by molar-refractivity contribution is -0.697. The van der Waals surface area contributed by atoms with Crippen molar-refractivity contribution in [3.63, 3.8) is 0 Å². The van der Waals surface area contributed by atoms with Crippen molar-refractivity contribution in [2.24, 2.45) is 5.73 Å². The van der Waals surface area contributed by atoms with Crippen LogP contribution in [0.25, 0.3) is 0 Å². The van der Waals surface area contributed by atoms with Gasteiger partial charge in [0, 0.05) is 12.5 Å². The molecular formula is C17H30BrN2O+. The third kappa shape index (κ3) is 9.62. The highest BCUT2D eigenvalue weighted by Crippen LogP contribution is 2.09. The molecule has 0 aliphatic heterocycles. The molecule has 0 unspecified atom stereocenters. The molecule has 2 N–H and O–H groups in total. The van der Waals surface area contributed by atoms with Crippen molar-refractivity contribution in [3.05, 3.63) is 30.1 Å². The number of halogens is 1. The molecular weight excluding hydrogens is 328 g/mol. The van der Waals surface area contributed by atoms with Gasteiger partial charge in [0.15, 0.2) is 12.4 Å². The molecule has 4 heteroatoms. The van der Waals surface area contributed by atoms with Crippen LogP contribution in [0, 0.1) is 0 Å². The molecule has 0 aromatic carbocycles. The zero-order valence-electron chi connectivity index (χ0n) is 13.2. The number of hydrogen-bond donors (Lipinski definition) is 1. The summed E-state index contributed by atoms with van der Waals surface area (Å²) >= 11 is 0. The Morgan fingerprint density at radius 3 is 2.19 bits per heavy atom. The Morgan fingerprint density at radius 2 is 1.62 bits per heavy atom. The van der Waals surface area contributed by atoms with Crippen LogP contribution >= 0.6 is 17.0 Å². The molecule has 0 aliphatic carbocycles. The number of amides is 1. The van der Waals surface area contributed by atoms with Gasteiger partial charge in [-0.05, 0) is 12.5 Å². The Hall–Kier alpha value is -0.900. The van der Waals surface area contributed by atoms with Crippen molar-refractivity contribution in [1.82, 2.24) is 0 Å². The number of rotatable bonds is 11. The van der Waals surface area contributed by atoms with Crippen molar-refractivity contribution >= 4 is 22.9 Å². The van der Waals surface area contributed by atoms with E-state index >= 15 is 0 Å². The molecule has 0 spiro atoms. The highest BCUT2D eigenvalue weighted by molar-refractivity contribution is 8.93. The van der Waals surface area contributed by atoms with Crippen LogP contribution in [-0.4, -0.2) is 5.91 Å². The summed E-state index contributed by atoms with van der Waals surface area (Å²) in [5, 5.41) is 0. The lowest BCUT2D eigenvalue weighted by Gasteiger charge is -2.01. The average Bonchev–Trinajstić information content (AvgIpc) is 2.46. The van der Waals surface area contributed by atoms with E-state index in [0.29, 0.717) is 5.56 Å². The van der Waals surface area contributed by atoms with Gasteiger partial charge in [-0.1, -0.05) is 51.9 Å². The molecule has 0 saturated heterocycles. The number of carbonyl (C=O) groups is 1. The second-order valence-corrected chi connectivity index (χ2v) is 5.52. The monoisotopic (exact) mass is 357 g/mol. The second-order valence-electron chi connectivity index (χ2n) is 5.52. The van der Waals surface area contributed by atoms with Crippen molar-refractivity contribution in [2.45, 2.75) is 71.3 Å². The number of unbranched alkanes of at least 4 members (excludes halogenated alkanes) is 8. The highest BCUT2D eigenvalue weighted by atomic mass is 79.9. The maximum Gasteiger partial charge on any atom is 0.254 e. The van der Waals surface area contributed by atoms with E-state index < -0.39 is 0 Å². The van der Waals surface area contributed by atoms with E-state index in [9.17, 15) is 4.79 Å². The predicted molar refractivity (Wildman–Crippen MR) is 92.7 cm³/mol. The molecule has 0 aliphatic rings. The number of nitrogens with zero attached hydrogens (tertiary/aromatic N) is 1. The van der Waals surface area contributed by atoms with Gasteiger partial charge in [-0.25, -0.2) is 4.57 Å². The maximum absolute atomic E-state index is 11.1. The Bertz CT molecular complexity index is 396. The molecule has 21 heavy (non-hydrogen) atoms. The standard InChI is InChI=1S/C17H28N2O.BrH/c1-2-3-4-5-6-7-8-9-10-13-19-14-11-12-16(15-19)17(18)20;/h11-12,14-15H,2-10,13H2,1H3,(H-,18,20);1H/p+1. The largest absolute Gasteiger partial charge is 0.365 e. The predicted octanol–water partition coefficient (Wildman–Crippen LogP) is 4.18. The lowest BCUT2D eigenvalue weighted by Crippen LogP contribution is -2.34. The Labute approximate surface area is 139 Å². The summed E-state index contributed by atoms with van der Waals surface area (Å²) in [6.07, 6.45) is 15.8. The molecule has 0 bridgehead atoms. The van der Waals surface area contributed by atoms with Crippen molar-refractivity contribution in [3.8, 4) is 0 Å². The van der Waals surface area contributed by atoms with Crippen molar-refractivity contribution in [2.75, 3.05) is 0 Å². The normalized spacial score (nSPS) is 10.1. The third-order valence-electron chi connectivity index (χ3n) is 3.66. The van der Waals surface area contributed by atoms with Crippen LogP contribution in [0.5, 0.6) is 0 Å². The number of aryl methyl sites for hydroxylation is 1. The molecule has 120 valence electrons. The van der Waals surface area contributed by atoms with E-state index in [4.69, 9.17) is 5.73 Å². The molecule has 1 heterocycles. The first-order chi connectivity index (χ1) is 9.74. The molecule has 0 radical (unpaired) electrons. The van der Waals surface area contributed by atoms with Gasteiger partial charge >= 0.3 is 0 Å². The number of nitrogens with two attached hydrogens (primary N) is 1. The van der Waals surface area contributed by atoms with E-state index in [1.165, 1.54) is 57.8 Å². The minimum absolute atomic E-state index is 0. The minimum Gasteiger partial charge on any atom is -0.365 e. The third-order valence-corrected chi connectivity index (χ3v) is 3.66. The van der Waals surface area contributed by atoms with Crippen LogP contribution in [0.15, 0.2) is 24.5 Å². The first kappa shape index (κ1) is 20.1. The highest BCUT2D eigenvalue weighted by Gasteiger charge is 2.06. The molecule has 1 aromatic rings. The fourth-order valence-corrected chi connectivity index (χ4v) is 2.41. The molecule has 0 saturated carbocycles. The number of primary amides is 1. The summed E-state index contributed by atoms with van der Waals surface area (Å²) in [4.78, 5) is 11.1. The molecule has 1 amide bonds. The average molecular weight is 358 g/mol. The second kappa shape index (κ2) is 12.8. The number of carbonyl (C=O) groups excluding carboxylic acids is 1. The van der Waals surface area contributed by atoms with Gasteiger partial charge in [0.05, 0.1) is 0 Å². The quantitative estimate of drug-likeness (QED) is 0.468. The number of hydrogen-bond acceptors (Lipinski definition) is 1. The summed E-state index contributed by atoms with van der Waals surface area (Å²) in [7, 11) is 0. The first-order valence-electron chi connectivity index (χ1n) is 8.03. The molecule has 3 nitrogen and oxygen atoms in total. The molecule has 0 fully saturated rings. The number of pyridine rings is 1. The number of aromatic nitrogens is 1. The van der Waals surface area contributed by atoms with Crippen LogP contribution in [0.2, 0.25) is 0 Å². The van der Waals surface area contributed by atoms with Gasteiger partial charge < -0.3 is 5.73 Å². The van der Waals surface area contributed by atoms with Crippen LogP contribution in [0.4, 0.5) is 0 Å². The van der Waals surface area contributed by atoms with Gasteiger partial charge in [0.1, 0.15) is 12.1 Å². The van der Waals surface area contributed by atoms with Gasteiger partial charge in [-0.2, -0.15) is 0 Å². The van der Waals surface area contributed by atoms with Gasteiger partial charge in [0.2, 0.25) is 0 Å². The van der Waals surface area contributed by atoms with Crippen LogP contribution in [0.3, 0.4) is 0 Å². The minimum atomic E-state index is -0.355. The molecule has 1 aromatic heterocycles. The zero-order chi connectivity index (χ0) is 14.6. The first-order valence-corrected chi connectivity index (χ1v) is 8.03. The van der Waals surface area contributed by atoms with E-state index in [1.54, 1.807) is 6.07 Å². The van der Waals surface area contributed by atoms with Crippen molar-refractivity contribution in [1.29, 1.82) is 0 Å². The van der Waals surface area contributed by atoms with Crippen LogP contribution in [0.1, 0.15) is 75.1 Å². The SMILES string of the molecule is Br.CCCCCCCCCCC[n+]1cccc(C(N)=O)c1. The van der Waals surface area contributed by atoms with Crippen LogP contribution < -0.4 is 10.3 Å². The summed E-state index contributed by atoms with van der Waals surface area (Å²) in [5.41, 5.74) is 5.86. The van der Waals surface area contributed by atoms with Crippen molar-refractivity contribution < 1.29 is 9.36 Å². The topological polar surface area (TPSA) is 47.0 Å². The molecule has 0 atom stereocenters. The summed E-state index contributed by atoms with van der Waals surface area (Å²) in [6.45, 7) is 3.22. The Balaban J connectivity index is 0.00000400. The van der Waals surface area contributed by atoms with E-state index in [1.807, 2.05) is 18.5 Å². The Morgan fingerprint density at radius 1 is 1.05 bits per heavy atom. The van der Waals surface area contributed by atoms with Gasteiger partial charge in [-0.15, -0.1) is 17.0 Å². The maximum atomic E-state index is 11.1. The summed E-state index contributed by atoms with van der Waals surface area (Å²) in [6, 6.07) is 3.64. The fourth-order valence-electron chi connectivity index (χ4n) is 2.41. The smallest absolute Gasteiger partial charge is 0.254 e. The van der Waals surface area contributed by atoms with Crippen LogP contribution in [-0.2, 0) is 6.54 Å². The zero-order valence-corrected chi connectivity index (χ0v) is 14.9. The Kier molecular flexibility index (Phi) is 12.3. The van der Waals surface area contributed by atoms with E-state index in [0.717, 1.165) is 6.54 Å².